The molecule has 3 aromatic rings. The summed E-state index contributed by atoms with van der Waals surface area (Å²) < 4.78 is 34.3. The Balaban J connectivity index is 2.07. The number of methoxy groups -OCH3 is 1. The molecule has 0 unspecified atom stereocenters. The van der Waals surface area contributed by atoms with E-state index in [1.54, 1.807) is 56.5 Å². The van der Waals surface area contributed by atoms with E-state index in [2.05, 4.69) is 5.32 Å². The van der Waals surface area contributed by atoms with E-state index in [1.807, 2.05) is 32.0 Å². The maximum Gasteiger partial charge on any atom is 0.264 e. The van der Waals surface area contributed by atoms with Gasteiger partial charge in [-0.1, -0.05) is 55.0 Å². The zero-order valence-corrected chi connectivity index (χ0v) is 23.3. The molecule has 9 heteroatoms. The average Bonchev–Trinajstić information content (AvgIpc) is 2.93. The number of hydrogen-bond donors (Lipinski definition) is 1. The number of benzene rings is 3. The number of ether oxygens (including phenoxy) is 1. The van der Waals surface area contributed by atoms with Gasteiger partial charge in [-0.25, -0.2) is 8.42 Å². The van der Waals surface area contributed by atoms with Crippen LogP contribution in [0.25, 0.3) is 0 Å². The lowest BCUT2D eigenvalue weighted by Gasteiger charge is -2.32. The first-order valence-corrected chi connectivity index (χ1v) is 13.9. The lowest BCUT2D eigenvalue weighted by atomic mass is 10.1. The van der Waals surface area contributed by atoms with E-state index in [1.165, 1.54) is 24.1 Å². The molecule has 0 heterocycles. The molecule has 0 bridgehead atoms. The Hall–Kier alpha value is -3.85. The van der Waals surface area contributed by atoms with E-state index in [4.69, 9.17) is 4.74 Å². The summed E-state index contributed by atoms with van der Waals surface area (Å²) >= 11 is 0. The molecule has 0 radical (unpaired) electrons. The molecule has 3 aromatic carbocycles. The molecule has 0 aromatic heterocycles. The Bertz CT molecular complexity index is 1370. The second-order valence-corrected chi connectivity index (χ2v) is 10.8. The Kier molecular flexibility index (Phi) is 9.52. The summed E-state index contributed by atoms with van der Waals surface area (Å²) in [7, 11) is -1.05. The fourth-order valence-electron chi connectivity index (χ4n) is 4.16. The van der Waals surface area contributed by atoms with Gasteiger partial charge in [0.15, 0.2) is 0 Å². The van der Waals surface area contributed by atoms with Crippen molar-refractivity contribution in [3.05, 3.63) is 89.5 Å². The largest absolute Gasteiger partial charge is 0.497 e. The standard InChI is InChI=1S/C29H35N3O5S/c1-6-24-11-7-8-13-27(24)32(38(35,36)26-16-14-21(2)15-17-26)20-28(33)31(22(3)29(34)30-4)19-23-10-9-12-25(18-23)37-5/h7-18,22H,6,19-20H2,1-5H3,(H,30,34)/t22-/m0/s1. The maximum absolute atomic E-state index is 13.9. The summed E-state index contributed by atoms with van der Waals surface area (Å²) in [5.41, 5.74) is 2.88. The van der Waals surface area contributed by atoms with Gasteiger partial charge in [-0.05, 0) is 61.7 Å². The van der Waals surface area contributed by atoms with Gasteiger partial charge in [-0.3, -0.25) is 13.9 Å². The van der Waals surface area contributed by atoms with Gasteiger partial charge in [0, 0.05) is 13.6 Å². The van der Waals surface area contributed by atoms with E-state index < -0.39 is 28.5 Å². The molecule has 0 saturated carbocycles. The predicted molar refractivity (Wildman–Crippen MR) is 149 cm³/mol. The van der Waals surface area contributed by atoms with Crippen molar-refractivity contribution in [2.75, 3.05) is 25.0 Å². The van der Waals surface area contributed by atoms with Gasteiger partial charge >= 0.3 is 0 Å². The first kappa shape index (κ1) is 28.7. The number of nitrogens with one attached hydrogen (secondary N) is 1. The highest BCUT2D eigenvalue weighted by atomic mass is 32.2. The molecule has 202 valence electrons. The first-order chi connectivity index (χ1) is 18.1. The van der Waals surface area contributed by atoms with Crippen LogP contribution in [-0.4, -0.2) is 51.9 Å². The number of sulfonamides is 1. The van der Waals surface area contributed by atoms with Gasteiger partial charge in [0.05, 0.1) is 17.7 Å². The van der Waals surface area contributed by atoms with Crippen molar-refractivity contribution in [3.8, 4) is 5.75 Å². The lowest BCUT2D eigenvalue weighted by molar-refractivity contribution is -0.139. The Morgan fingerprint density at radius 2 is 1.68 bits per heavy atom. The lowest BCUT2D eigenvalue weighted by Crippen LogP contribution is -2.50. The third kappa shape index (κ3) is 6.52. The molecule has 0 aliphatic heterocycles. The van der Waals surface area contributed by atoms with E-state index in [9.17, 15) is 18.0 Å². The minimum absolute atomic E-state index is 0.0838. The molecular formula is C29H35N3O5S. The zero-order valence-electron chi connectivity index (χ0n) is 22.5. The third-order valence-electron chi connectivity index (χ3n) is 6.43. The smallest absolute Gasteiger partial charge is 0.264 e. The highest BCUT2D eigenvalue weighted by molar-refractivity contribution is 7.92. The SMILES string of the molecule is CCc1ccccc1N(CC(=O)N(Cc1cccc(OC)c1)[C@@H](C)C(=O)NC)S(=O)(=O)c1ccc(C)cc1. The van der Waals surface area contributed by atoms with Crippen molar-refractivity contribution in [2.24, 2.45) is 0 Å². The van der Waals surface area contributed by atoms with E-state index in [0.717, 1.165) is 21.0 Å². The minimum atomic E-state index is -4.10. The Morgan fingerprint density at radius 1 is 1.00 bits per heavy atom. The number of aryl methyl sites for hydroxylation is 2. The van der Waals surface area contributed by atoms with Crippen LogP contribution < -0.4 is 14.4 Å². The van der Waals surface area contributed by atoms with Crippen LogP contribution >= 0.6 is 0 Å². The van der Waals surface area contributed by atoms with Crippen molar-refractivity contribution in [3.63, 3.8) is 0 Å². The summed E-state index contributed by atoms with van der Waals surface area (Å²) in [6.45, 7) is 5.05. The number of nitrogens with zero attached hydrogens (tertiary/aromatic N) is 2. The molecule has 0 fully saturated rings. The number of para-hydroxylation sites is 1. The van der Waals surface area contributed by atoms with Crippen molar-refractivity contribution in [2.45, 2.75) is 44.7 Å². The van der Waals surface area contributed by atoms with Crippen LogP contribution in [0.3, 0.4) is 0 Å². The van der Waals surface area contributed by atoms with Gasteiger partial charge in [0.1, 0.15) is 18.3 Å². The molecule has 0 aliphatic rings. The topological polar surface area (TPSA) is 96.0 Å². The molecule has 8 nitrogen and oxygen atoms in total. The molecule has 0 spiro atoms. The molecule has 1 N–H and O–H groups in total. The van der Waals surface area contributed by atoms with Gasteiger partial charge in [0.25, 0.3) is 10.0 Å². The van der Waals surface area contributed by atoms with Gasteiger partial charge < -0.3 is 15.0 Å². The quantitative estimate of drug-likeness (QED) is 0.400. The van der Waals surface area contributed by atoms with Crippen LogP contribution in [0.15, 0.2) is 77.7 Å². The Labute approximate surface area is 225 Å². The number of carbonyl (C=O) groups excluding carboxylic acids is 2. The number of carbonyl (C=O) groups is 2. The fourth-order valence-corrected chi connectivity index (χ4v) is 5.61. The second-order valence-electron chi connectivity index (χ2n) is 8.97. The molecule has 0 saturated heterocycles. The maximum atomic E-state index is 13.9. The Morgan fingerprint density at radius 3 is 2.32 bits per heavy atom. The predicted octanol–water partition coefficient (Wildman–Crippen LogP) is 3.92. The molecule has 1 atom stereocenters. The van der Waals surface area contributed by atoms with Crippen LogP contribution in [0.5, 0.6) is 5.75 Å². The van der Waals surface area contributed by atoms with Crippen LogP contribution in [0, 0.1) is 6.92 Å². The number of likely N-dealkylation sites (N-methyl/N-ethyl adjacent to an activating group) is 1. The molecule has 3 rings (SSSR count). The highest BCUT2D eigenvalue weighted by Gasteiger charge is 2.33. The molecule has 38 heavy (non-hydrogen) atoms. The van der Waals surface area contributed by atoms with Crippen molar-refractivity contribution < 1.29 is 22.7 Å². The van der Waals surface area contributed by atoms with E-state index in [0.29, 0.717) is 17.9 Å². The molecule has 2 amide bonds. The summed E-state index contributed by atoms with van der Waals surface area (Å²) in [5, 5.41) is 2.58. The van der Waals surface area contributed by atoms with Crippen molar-refractivity contribution in [1.82, 2.24) is 10.2 Å². The minimum Gasteiger partial charge on any atom is -0.497 e. The highest BCUT2D eigenvalue weighted by Crippen LogP contribution is 2.28. The second kappa shape index (κ2) is 12.6. The fraction of sp³-hybridized carbons (Fsp3) is 0.310. The van der Waals surface area contributed by atoms with Crippen LogP contribution in [-0.2, 0) is 32.6 Å². The molecule has 0 aliphatic carbocycles. The van der Waals surface area contributed by atoms with Crippen LogP contribution in [0.4, 0.5) is 5.69 Å². The number of anilines is 1. The number of rotatable bonds is 11. The summed E-state index contributed by atoms with van der Waals surface area (Å²) in [6, 6.07) is 20.0. The van der Waals surface area contributed by atoms with Crippen LogP contribution in [0.1, 0.15) is 30.5 Å². The van der Waals surface area contributed by atoms with E-state index in [-0.39, 0.29) is 17.3 Å². The first-order valence-electron chi connectivity index (χ1n) is 12.4. The third-order valence-corrected chi connectivity index (χ3v) is 8.20. The van der Waals surface area contributed by atoms with Crippen molar-refractivity contribution >= 4 is 27.5 Å². The number of hydrogen-bond acceptors (Lipinski definition) is 5. The molecular weight excluding hydrogens is 502 g/mol. The van der Waals surface area contributed by atoms with Gasteiger partial charge in [-0.2, -0.15) is 0 Å². The monoisotopic (exact) mass is 537 g/mol. The summed E-state index contributed by atoms with van der Waals surface area (Å²) in [5.74, 6) is -0.253. The van der Waals surface area contributed by atoms with Crippen LogP contribution in [0.2, 0.25) is 0 Å². The average molecular weight is 538 g/mol. The normalized spacial score (nSPS) is 11.9. The summed E-state index contributed by atoms with van der Waals surface area (Å²) in [6.07, 6.45) is 0.576. The van der Waals surface area contributed by atoms with Gasteiger partial charge in [0.2, 0.25) is 11.8 Å². The summed E-state index contributed by atoms with van der Waals surface area (Å²) in [4.78, 5) is 28.0. The van der Waals surface area contributed by atoms with Gasteiger partial charge in [-0.15, -0.1) is 0 Å². The van der Waals surface area contributed by atoms with Crippen molar-refractivity contribution in [1.29, 1.82) is 0 Å². The zero-order chi connectivity index (χ0) is 27.9. The number of amides is 2. The van der Waals surface area contributed by atoms with E-state index >= 15 is 0 Å².